The Morgan fingerprint density at radius 3 is 2.53 bits per heavy atom. The van der Waals surface area contributed by atoms with Crippen LogP contribution in [-0.4, -0.2) is 78.6 Å². The van der Waals surface area contributed by atoms with Crippen LogP contribution in [0.25, 0.3) is 0 Å². The van der Waals surface area contributed by atoms with Gasteiger partial charge in [-0.15, -0.1) is 0 Å². The maximum absolute atomic E-state index is 13.9. The summed E-state index contributed by atoms with van der Waals surface area (Å²) in [5, 5.41) is 10.9. The molecule has 2 heterocycles. The normalized spacial score (nSPS) is 41.2. The quantitative estimate of drug-likeness (QED) is 0.349. The second-order valence-electron chi connectivity index (χ2n) is 11.4. The van der Waals surface area contributed by atoms with E-state index in [1.54, 1.807) is 6.20 Å². The van der Waals surface area contributed by atoms with E-state index >= 15 is 0 Å². The van der Waals surface area contributed by atoms with E-state index in [0.717, 1.165) is 25.9 Å². The van der Waals surface area contributed by atoms with E-state index in [9.17, 15) is 24.3 Å². The zero-order chi connectivity index (χ0) is 26.0. The van der Waals surface area contributed by atoms with Crippen LogP contribution in [0.4, 0.5) is 0 Å². The Labute approximate surface area is 210 Å². The number of methoxy groups -OCH3 is 1. The van der Waals surface area contributed by atoms with Crippen LogP contribution in [-0.2, 0) is 33.4 Å². The number of hydrogen-bond acceptors (Lipinski definition) is 9. The molecule has 196 valence electrons. The van der Waals surface area contributed by atoms with E-state index in [4.69, 9.17) is 14.2 Å². The van der Waals surface area contributed by atoms with Gasteiger partial charge in [-0.3, -0.25) is 14.4 Å². The fourth-order valence-corrected chi connectivity index (χ4v) is 7.56. The first kappa shape index (κ1) is 25.1. The number of nitrogens with zero attached hydrogens (tertiary/aromatic N) is 1. The van der Waals surface area contributed by atoms with E-state index in [-0.39, 0.29) is 18.1 Å². The van der Waals surface area contributed by atoms with Crippen molar-refractivity contribution < 1.29 is 38.5 Å². The van der Waals surface area contributed by atoms with E-state index in [1.807, 2.05) is 18.7 Å². The van der Waals surface area contributed by atoms with Crippen molar-refractivity contribution in [2.45, 2.75) is 71.2 Å². The highest BCUT2D eigenvalue weighted by molar-refractivity contribution is 6.47. The number of aliphatic hydroxyl groups is 1. The van der Waals surface area contributed by atoms with Crippen molar-refractivity contribution in [1.29, 1.82) is 0 Å². The summed E-state index contributed by atoms with van der Waals surface area (Å²) in [6.07, 6.45) is 2.63. The van der Waals surface area contributed by atoms with Crippen molar-refractivity contribution in [2.75, 3.05) is 26.8 Å². The van der Waals surface area contributed by atoms with Crippen molar-refractivity contribution in [3.05, 3.63) is 22.9 Å². The zero-order valence-corrected chi connectivity index (χ0v) is 21.4. The number of hydrogen-bond donors (Lipinski definition) is 1. The summed E-state index contributed by atoms with van der Waals surface area (Å²) in [6.45, 7) is 6.56. The minimum atomic E-state index is -1.15. The number of allylic oxidation sites excluding steroid dienone is 1. The first-order valence-electron chi connectivity index (χ1n) is 12.9. The van der Waals surface area contributed by atoms with Gasteiger partial charge < -0.3 is 24.2 Å². The number of esters is 2. The van der Waals surface area contributed by atoms with Crippen molar-refractivity contribution in [2.24, 2.45) is 22.7 Å². The van der Waals surface area contributed by atoms with E-state index in [1.165, 1.54) is 14.0 Å². The number of ketones is 2. The van der Waals surface area contributed by atoms with Gasteiger partial charge in [-0.2, -0.15) is 0 Å². The number of likely N-dealkylation sites (tertiary alicyclic amines) is 1. The average Bonchev–Trinajstić information content (AvgIpc) is 3.42. The molecule has 5 rings (SSSR count). The lowest BCUT2D eigenvalue weighted by atomic mass is 9.50. The number of Topliss-reactive ketones (excluding diaryl/α,β-unsaturated/α-hetero) is 2. The van der Waals surface area contributed by atoms with Gasteiger partial charge in [0.2, 0.25) is 11.6 Å². The van der Waals surface area contributed by atoms with Gasteiger partial charge in [-0.25, -0.2) is 4.79 Å². The van der Waals surface area contributed by atoms with Gasteiger partial charge in [0.05, 0.1) is 24.2 Å². The maximum Gasteiger partial charge on any atom is 0.336 e. The van der Waals surface area contributed by atoms with Crippen molar-refractivity contribution >= 4 is 23.5 Å². The molecule has 36 heavy (non-hydrogen) atoms. The van der Waals surface area contributed by atoms with Crippen LogP contribution in [0.5, 0.6) is 0 Å². The maximum atomic E-state index is 13.9. The molecule has 2 aliphatic heterocycles. The summed E-state index contributed by atoms with van der Waals surface area (Å²) in [5.74, 6) is -3.86. The van der Waals surface area contributed by atoms with Gasteiger partial charge >= 0.3 is 11.9 Å². The lowest BCUT2D eigenvalue weighted by Gasteiger charge is -2.56. The lowest BCUT2D eigenvalue weighted by Crippen LogP contribution is -2.63. The fraction of sp³-hybridized carbons (Fsp3) is 0.704. The van der Waals surface area contributed by atoms with Gasteiger partial charge in [-0.1, -0.05) is 13.8 Å². The average molecular weight is 502 g/mol. The predicted molar refractivity (Wildman–Crippen MR) is 126 cm³/mol. The molecule has 1 saturated carbocycles. The molecule has 3 aliphatic carbocycles. The van der Waals surface area contributed by atoms with Crippen LogP contribution >= 0.6 is 0 Å². The number of carbonyl (C=O) groups is 4. The summed E-state index contributed by atoms with van der Waals surface area (Å²) in [5.41, 5.74) is -0.821. The van der Waals surface area contributed by atoms with E-state index < -0.39 is 58.6 Å². The summed E-state index contributed by atoms with van der Waals surface area (Å²) < 4.78 is 17.2. The number of cyclic esters (lactones) is 1. The Morgan fingerprint density at radius 1 is 1.19 bits per heavy atom. The van der Waals surface area contributed by atoms with Crippen LogP contribution in [0, 0.1) is 22.7 Å². The summed E-state index contributed by atoms with van der Waals surface area (Å²) in [6, 6.07) is 0. The largest absolute Gasteiger partial charge is 0.458 e. The second-order valence-corrected chi connectivity index (χ2v) is 11.4. The molecule has 0 aromatic carbocycles. The molecule has 0 spiro atoms. The zero-order valence-electron chi connectivity index (χ0n) is 21.4. The molecular weight excluding hydrogens is 466 g/mol. The number of aliphatic hydroxyl groups excluding tert-OH is 1. The monoisotopic (exact) mass is 501 g/mol. The third-order valence-electron chi connectivity index (χ3n) is 9.34. The van der Waals surface area contributed by atoms with Crippen LogP contribution in [0.3, 0.4) is 0 Å². The van der Waals surface area contributed by atoms with E-state index in [2.05, 4.69) is 0 Å². The summed E-state index contributed by atoms with van der Waals surface area (Å²) in [7, 11) is 1.49. The number of fused-ring (bicyclic) bond motifs is 4. The van der Waals surface area contributed by atoms with Gasteiger partial charge in [0.25, 0.3) is 0 Å². The molecule has 2 saturated heterocycles. The van der Waals surface area contributed by atoms with Gasteiger partial charge in [0.1, 0.15) is 12.2 Å². The third kappa shape index (κ3) is 3.49. The molecule has 0 amide bonds. The minimum Gasteiger partial charge on any atom is -0.458 e. The molecule has 0 aromatic heterocycles. The Morgan fingerprint density at radius 2 is 1.89 bits per heavy atom. The lowest BCUT2D eigenvalue weighted by molar-refractivity contribution is -0.175. The molecule has 3 fully saturated rings. The molecule has 1 N–H and O–H groups in total. The molecular formula is C27H35NO8. The SMILES string of the molecule is COC[C@H]1OC(=O)C(=CN2CCCC2)C2C(=O)C(=O)C3=C([C@H](OC(C)=O)C[C@]4(C)[C@@H](O)CC[C@@H]34)[C@]21C. The van der Waals surface area contributed by atoms with Crippen molar-refractivity contribution in [3.8, 4) is 0 Å². The smallest absolute Gasteiger partial charge is 0.336 e. The Hall–Kier alpha value is -2.52. The Bertz CT molecular complexity index is 1070. The predicted octanol–water partition coefficient (Wildman–Crippen LogP) is 1.72. The third-order valence-corrected chi connectivity index (χ3v) is 9.34. The van der Waals surface area contributed by atoms with Gasteiger partial charge in [0.15, 0.2) is 0 Å². The van der Waals surface area contributed by atoms with E-state index in [0.29, 0.717) is 30.4 Å². The summed E-state index contributed by atoms with van der Waals surface area (Å²) in [4.78, 5) is 55.3. The number of ether oxygens (including phenoxy) is 3. The van der Waals surface area contributed by atoms with Gasteiger partial charge in [0, 0.05) is 49.7 Å². The Kier molecular flexibility index (Phi) is 6.15. The topological polar surface area (TPSA) is 119 Å². The van der Waals surface area contributed by atoms with Gasteiger partial charge in [-0.05, 0) is 43.6 Å². The highest BCUT2D eigenvalue weighted by Crippen LogP contribution is 2.63. The highest BCUT2D eigenvalue weighted by Gasteiger charge is 2.67. The molecule has 9 nitrogen and oxygen atoms in total. The van der Waals surface area contributed by atoms with Crippen LogP contribution in [0.15, 0.2) is 22.9 Å². The first-order chi connectivity index (χ1) is 17.0. The molecule has 0 radical (unpaired) electrons. The standard InChI is InChI=1S/C27H35NO8/c1-14(29)35-17-11-26(2)16(7-8-18(26)30)20-22(17)27(3)19(13-34-4)36-25(33)15(12-28-9-5-6-10-28)21(27)24(32)23(20)31/h12,16-19,21,30H,5-11,13H2,1-4H3/t16-,17+,18-,19+,21?,26-,27-/m0/s1. The molecule has 9 heteroatoms. The first-order valence-corrected chi connectivity index (χ1v) is 12.9. The summed E-state index contributed by atoms with van der Waals surface area (Å²) >= 11 is 0. The molecule has 5 aliphatic rings. The highest BCUT2D eigenvalue weighted by atomic mass is 16.6. The molecule has 0 bridgehead atoms. The second kappa shape index (κ2) is 8.80. The number of rotatable bonds is 4. The molecule has 0 aromatic rings. The van der Waals surface area contributed by atoms with Crippen LogP contribution in [0.1, 0.15) is 52.9 Å². The minimum absolute atomic E-state index is 0.0192. The van der Waals surface area contributed by atoms with Crippen molar-refractivity contribution in [3.63, 3.8) is 0 Å². The van der Waals surface area contributed by atoms with Crippen LogP contribution < -0.4 is 0 Å². The molecule has 1 unspecified atom stereocenters. The van der Waals surface area contributed by atoms with Crippen molar-refractivity contribution in [1.82, 2.24) is 4.90 Å². The Balaban J connectivity index is 1.75. The molecule has 7 atom stereocenters. The number of carbonyl (C=O) groups excluding carboxylic acids is 4. The van der Waals surface area contributed by atoms with Crippen LogP contribution in [0.2, 0.25) is 0 Å². The fourth-order valence-electron chi connectivity index (χ4n) is 7.56.